The molecule has 0 heterocycles. The predicted octanol–water partition coefficient (Wildman–Crippen LogP) is 5.32. The first-order valence-corrected chi connectivity index (χ1v) is 9.53. The van der Waals surface area contributed by atoms with Gasteiger partial charge in [0.05, 0.1) is 5.54 Å². The summed E-state index contributed by atoms with van der Waals surface area (Å²) in [6.45, 7) is 6.34. The first-order chi connectivity index (χ1) is 12.6. The Kier molecular flexibility index (Phi) is 5.94. The Morgan fingerprint density at radius 3 is 2.50 bits per heavy atom. The number of thiocarbonyl (C=S) groups is 1. The van der Waals surface area contributed by atoms with E-state index in [4.69, 9.17) is 17.0 Å². The summed E-state index contributed by atoms with van der Waals surface area (Å²) in [5, 5.41) is 7.60. The minimum absolute atomic E-state index is 0.0670. The topological polar surface area (TPSA) is 33.3 Å². The minimum Gasteiger partial charge on any atom is -0.490 e. The molecular formula is C22H26N2OS. The van der Waals surface area contributed by atoms with Crippen molar-refractivity contribution in [3.8, 4) is 5.75 Å². The van der Waals surface area contributed by atoms with Crippen molar-refractivity contribution in [1.82, 2.24) is 5.32 Å². The molecule has 1 aliphatic rings. The highest BCUT2D eigenvalue weighted by atomic mass is 32.1. The van der Waals surface area contributed by atoms with Gasteiger partial charge in [-0.3, -0.25) is 0 Å². The van der Waals surface area contributed by atoms with Crippen molar-refractivity contribution in [2.24, 2.45) is 0 Å². The number of ether oxygens (including phenoxy) is 1. The van der Waals surface area contributed by atoms with Gasteiger partial charge in [0.1, 0.15) is 12.4 Å². The van der Waals surface area contributed by atoms with Crippen LogP contribution >= 0.6 is 12.2 Å². The standard InChI is InChI=1S/C22H26N2OS/c1-3-16-25-19-12-10-18(11-13-19)23-21(26)24-22(14-6-7-15-22)20-9-5-4-8-17(20)2/h3-5,8-13H,1,6-7,14-16H2,2H3,(H2,23,24,26). The monoisotopic (exact) mass is 366 g/mol. The maximum absolute atomic E-state index is 5.62. The molecule has 0 saturated heterocycles. The summed E-state index contributed by atoms with van der Waals surface area (Å²) in [6.07, 6.45) is 6.39. The van der Waals surface area contributed by atoms with Crippen molar-refractivity contribution in [3.05, 3.63) is 72.3 Å². The maximum atomic E-state index is 5.62. The molecule has 0 aliphatic heterocycles. The van der Waals surface area contributed by atoms with E-state index in [0.717, 1.165) is 24.3 Å². The molecule has 0 aromatic heterocycles. The summed E-state index contributed by atoms with van der Waals surface area (Å²) in [5.41, 5.74) is 3.55. The lowest BCUT2D eigenvalue weighted by molar-refractivity contribution is 0.363. The van der Waals surface area contributed by atoms with Gasteiger partial charge >= 0.3 is 0 Å². The maximum Gasteiger partial charge on any atom is 0.171 e. The van der Waals surface area contributed by atoms with E-state index in [1.807, 2.05) is 24.3 Å². The Morgan fingerprint density at radius 2 is 1.85 bits per heavy atom. The molecule has 0 amide bonds. The van der Waals surface area contributed by atoms with Crippen LogP contribution in [0.1, 0.15) is 36.8 Å². The summed E-state index contributed by atoms with van der Waals surface area (Å²) < 4.78 is 5.52. The van der Waals surface area contributed by atoms with Crippen LogP contribution in [0.4, 0.5) is 5.69 Å². The fraction of sp³-hybridized carbons (Fsp3) is 0.318. The lowest BCUT2D eigenvalue weighted by atomic mass is 9.85. The van der Waals surface area contributed by atoms with Crippen molar-refractivity contribution in [3.63, 3.8) is 0 Å². The van der Waals surface area contributed by atoms with E-state index in [1.165, 1.54) is 24.0 Å². The normalized spacial score (nSPS) is 15.3. The molecule has 1 aliphatic carbocycles. The molecule has 0 atom stereocenters. The molecule has 136 valence electrons. The van der Waals surface area contributed by atoms with Gasteiger partial charge in [0, 0.05) is 5.69 Å². The number of aryl methyl sites for hydroxylation is 1. The third-order valence-electron chi connectivity index (χ3n) is 4.95. The van der Waals surface area contributed by atoms with Crippen LogP contribution in [0.3, 0.4) is 0 Å². The smallest absolute Gasteiger partial charge is 0.171 e. The number of nitrogens with one attached hydrogen (secondary N) is 2. The van der Waals surface area contributed by atoms with E-state index in [2.05, 4.69) is 48.4 Å². The molecule has 26 heavy (non-hydrogen) atoms. The summed E-state index contributed by atoms with van der Waals surface area (Å²) in [7, 11) is 0. The number of anilines is 1. The largest absolute Gasteiger partial charge is 0.490 e. The number of hydrogen-bond acceptors (Lipinski definition) is 2. The average molecular weight is 367 g/mol. The molecular weight excluding hydrogens is 340 g/mol. The highest BCUT2D eigenvalue weighted by molar-refractivity contribution is 7.80. The number of benzene rings is 2. The lowest BCUT2D eigenvalue weighted by Gasteiger charge is -2.33. The van der Waals surface area contributed by atoms with Crippen LogP contribution in [0.2, 0.25) is 0 Å². The van der Waals surface area contributed by atoms with E-state index in [-0.39, 0.29) is 5.54 Å². The van der Waals surface area contributed by atoms with E-state index < -0.39 is 0 Å². The molecule has 1 saturated carbocycles. The van der Waals surface area contributed by atoms with Gasteiger partial charge in [-0.2, -0.15) is 0 Å². The molecule has 3 rings (SSSR count). The van der Waals surface area contributed by atoms with Crippen LogP contribution < -0.4 is 15.4 Å². The molecule has 3 nitrogen and oxygen atoms in total. The van der Waals surface area contributed by atoms with Crippen molar-refractivity contribution < 1.29 is 4.74 Å². The van der Waals surface area contributed by atoms with Gasteiger partial charge in [-0.25, -0.2) is 0 Å². The van der Waals surface area contributed by atoms with Crippen molar-refractivity contribution in [2.75, 3.05) is 11.9 Å². The molecule has 0 radical (unpaired) electrons. The summed E-state index contributed by atoms with van der Waals surface area (Å²) in [4.78, 5) is 0. The quantitative estimate of drug-likeness (QED) is 0.536. The molecule has 2 aromatic carbocycles. The Hall–Kier alpha value is -2.33. The third kappa shape index (κ3) is 4.25. The van der Waals surface area contributed by atoms with Gasteiger partial charge in [0.25, 0.3) is 0 Å². The van der Waals surface area contributed by atoms with Crippen LogP contribution in [0.15, 0.2) is 61.2 Å². The van der Waals surface area contributed by atoms with Crippen LogP contribution in [-0.4, -0.2) is 11.7 Å². The first-order valence-electron chi connectivity index (χ1n) is 9.12. The zero-order valence-electron chi connectivity index (χ0n) is 15.3. The average Bonchev–Trinajstić information content (AvgIpc) is 3.10. The fourth-order valence-corrected chi connectivity index (χ4v) is 4.03. The summed E-state index contributed by atoms with van der Waals surface area (Å²) in [6, 6.07) is 16.4. The van der Waals surface area contributed by atoms with Crippen molar-refractivity contribution >= 4 is 23.0 Å². The Morgan fingerprint density at radius 1 is 1.15 bits per heavy atom. The van der Waals surface area contributed by atoms with Gasteiger partial charge in [-0.15, -0.1) is 0 Å². The molecule has 2 aromatic rings. The third-order valence-corrected chi connectivity index (χ3v) is 5.15. The van der Waals surface area contributed by atoms with Crippen molar-refractivity contribution in [1.29, 1.82) is 0 Å². The molecule has 0 bridgehead atoms. The van der Waals surface area contributed by atoms with Gasteiger partial charge < -0.3 is 15.4 Å². The summed E-state index contributed by atoms with van der Waals surface area (Å²) >= 11 is 5.62. The molecule has 2 N–H and O–H groups in total. The van der Waals surface area contributed by atoms with Crippen LogP contribution in [0.25, 0.3) is 0 Å². The molecule has 4 heteroatoms. The minimum atomic E-state index is -0.0670. The van der Waals surface area contributed by atoms with E-state index in [1.54, 1.807) is 6.08 Å². The molecule has 0 spiro atoms. The molecule has 0 unspecified atom stereocenters. The van der Waals surface area contributed by atoms with Crippen molar-refractivity contribution in [2.45, 2.75) is 38.1 Å². The zero-order valence-corrected chi connectivity index (χ0v) is 16.1. The predicted molar refractivity (Wildman–Crippen MR) is 113 cm³/mol. The number of rotatable bonds is 6. The Balaban J connectivity index is 1.69. The second-order valence-corrected chi connectivity index (χ2v) is 7.22. The Labute approximate surface area is 161 Å². The van der Waals surface area contributed by atoms with E-state index in [0.29, 0.717) is 11.7 Å². The highest BCUT2D eigenvalue weighted by Gasteiger charge is 2.37. The van der Waals surface area contributed by atoms with Gasteiger partial charge in [0.15, 0.2) is 5.11 Å². The Bertz CT molecular complexity index is 764. The van der Waals surface area contributed by atoms with Crippen LogP contribution in [0.5, 0.6) is 5.75 Å². The number of hydrogen-bond donors (Lipinski definition) is 2. The second kappa shape index (κ2) is 8.37. The second-order valence-electron chi connectivity index (χ2n) is 6.81. The van der Waals surface area contributed by atoms with E-state index in [9.17, 15) is 0 Å². The first kappa shape index (κ1) is 18.5. The highest BCUT2D eigenvalue weighted by Crippen LogP contribution is 2.40. The molecule has 1 fully saturated rings. The van der Waals surface area contributed by atoms with Gasteiger partial charge in [-0.1, -0.05) is 49.8 Å². The zero-order chi connectivity index (χ0) is 18.4. The fourth-order valence-electron chi connectivity index (χ4n) is 3.72. The lowest BCUT2D eigenvalue weighted by Crippen LogP contribution is -2.46. The van der Waals surface area contributed by atoms with Crippen LogP contribution in [0, 0.1) is 6.92 Å². The van der Waals surface area contributed by atoms with Gasteiger partial charge in [-0.05, 0) is 67.4 Å². The van der Waals surface area contributed by atoms with Crippen LogP contribution in [-0.2, 0) is 5.54 Å². The van der Waals surface area contributed by atoms with Gasteiger partial charge in [0.2, 0.25) is 0 Å². The SMILES string of the molecule is C=CCOc1ccc(NC(=S)NC2(c3ccccc3C)CCCC2)cc1. The summed E-state index contributed by atoms with van der Waals surface area (Å²) in [5.74, 6) is 0.821. The van der Waals surface area contributed by atoms with E-state index >= 15 is 0 Å².